The van der Waals surface area contributed by atoms with Crippen LogP contribution in [-0.4, -0.2) is 19.9 Å². The molecule has 0 spiro atoms. The van der Waals surface area contributed by atoms with Crippen LogP contribution in [-0.2, 0) is 16.2 Å². The van der Waals surface area contributed by atoms with Crippen LogP contribution in [0.2, 0.25) is 0 Å². The van der Waals surface area contributed by atoms with Gasteiger partial charge >= 0.3 is 0 Å². The van der Waals surface area contributed by atoms with Gasteiger partial charge in [0, 0.05) is 39.1 Å². The summed E-state index contributed by atoms with van der Waals surface area (Å²) in [6.45, 7) is 22.5. The van der Waals surface area contributed by atoms with Gasteiger partial charge in [-0.25, -0.2) is 15.0 Å². The molecular formula is C51H50N4. The van der Waals surface area contributed by atoms with Crippen molar-refractivity contribution >= 4 is 0 Å². The van der Waals surface area contributed by atoms with Crippen molar-refractivity contribution < 1.29 is 0 Å². The predicted octanol–water partition coefficient (Wildman–Crippen LogP) is 13.1. The van der Waals surface area contributed by atoms with Gasteiger partial charge in [0.1, 0.15) is 0 Å². The highest BCUT2D eigenvalue weighted by molar-refractivity contribution is 5.91. The van der Waals surface area contributed by atoms with Gasteiger partial charge in [-0.15, -0.1) is 0 Å². The minimum absolute atomic E-state index is 0.0231. The third-order valence-electron chi connectivity index (χ3n) is 11.2. The van der Waals surface area contributed by atoms with E-state index in [-0.39, 0.29) is 16.2 Å². The van der Waals surface area contributed by atoms with E-state index in [2.05, 4.69) is 165 Å². The smallest absolute Gasteiger partial charge is 0.164 e. The molecule has 2 aromatic heterocycles. The molecule has 55 heavy (non-hydrogen) atoms. The van der Waals surface area contributed by atoms with Gasteiger partial charge in [-0.2, -0.15) is 0 Å². The van der Waals surface area contributed by atoms with E-state index < -0.39 is 0 Å². The molecule has 7 aromatic rings. The summed E-state index contributed by atoms with van der Waals surface area (Å²) in [7, 11) is 0. The molecule has 0 atom stereocenters. The molecule has 0 unspecified atom stereocenters. The SMILES string of the molecule is Cc1ccc(-c2cc(-c3cc(C(C)(C)C)cc(C(C)(C)C)c3)cc(-c3nc(-c4ccccc4)nc(-c4cccc5c4-c4ccccc4C5(C)C)n3)c2)c(C)n1. The largest absolute Gasteiger partial charge is 0.258 e. The fourth-order valence-electron chi connectivity index (χ4n) is 8.01. The zero-order valence-corrected chi connectivity index (χ0v) is 33.8. The quantitative estimate of drug-likeness (QED) is 0.178. The number of hydrogen-bond donors (Lipinski definition) is 0. The topological polar surface area (TPSA) is 51.6 Å². The van der Waals surface area contributed by atoms with Gasteiger partial charge in [-0.3, -0.25) is 4.98 Å². The van der Waals surface area contributed by atoms with Gasteiger partial charge in [0.15, 0.2) is 17.5 Å². The van der Waals surface area contributed by atoms with Gasteiger partial charge in [-0.1, -0.05) is 152 Å². The Bertz CT molecular complexity index is 2570. The molecule has 0 radical (unpaired) electrons. The fraction of sp³-hybridized carbons (Fsp3) is 0.255. The molecule has 0 N–H and O–H groups in total. The number of rotatable bonds is 5. The highest BCUT2D eigenvalue weighted by Crippen LogP contribution is 2.51. The maximum Gasteiger partial charge on any atom is 0.164 e. The minimum Gasteiger partial charge on any atom is -0.258 e. The lowest BCUT2D eigenvalue weighted by Crippen LogP contribution is -2.16. The van der Waals surface area contributed by atoms with Crippen LogP contribution in [0.5, 0.6) is 0 Å². The van der Waals surface area contributed by atoms with Crippen LogP contribution in [0.25, 0.3) is 67.5 Å². The molecule has 0 aliphatic heterocycles. The predicted molar refractivity (Wildman–Crippen MR) is 229 cm³/mol. The summed E-state index contributed by atoms with van der Waals surface area (Å²) in [5, 5.41) is 0. The molecule has 0 saturated heterocycles. The van der Waals surface area contributed by atoms with E-state index in [1.165, 1.54) is 38.9 Å². The van der Waals surface area contributed by atoms with Crippen molar-refractivity contribution in [2.24, 2.45) is 0 Å². The molecule has 8 rings (SSSR count). The summed E-state index contributed by atoms with van der Waals surface area (Å²) >= 11 is 0. The minimum atomic E-state index is -0.142. The van der Waals surface area contributed by atoms with Crippen LogP contribution < -0.4 is 0 Å². The molecule has 1 aliphatic carbocycles. The van der Waals surface area contributed by atoms with Gasteiger partial charge < -0.3 is 0 Å². The standard InChI is InChI=1S/C51H50N4/c1-31-23-24-40(32(2)52-31)36-25-34(35-28-38(49(3,4)5)30-39(29-35)50(6,7)8)26-37(27-36)47-53-46(33-17-12-11-13-18-33)54-48(55-47)42-20-16-22-44-45(42)41-19-14-15-21-43(41)51(44,9)10/h11-30H,1-10H3. The lowest BCUT2D eigenvalue weighted by Gasteiger charge is -2.26. The van der Waals surface area contributed by atoms with E-state index in [1.54, 1.807) is 0 Å². The maximum absolute atomic E-state index is 5.38. The number of nitrogens with zero attached hydrogens (tertiary/aromatic N) is 4. The van der Waals surface area contributed by atoms with Crippen molar-refractivity contribution in [2.45, 2.75) is 85.5 Å². The van der Waals surface area contributed by atoms with Crippen molar-refractivity contribution in [3.63, 3.8) is 0 Å². The van der Waals surface area contributed by atoms with Crippen LogP contribution in [0.1, 0.15) is 89.0 Å². The van der Waals surface area contributed by atoms with E-state index in [1.807, 2.05) is 25.1 Å². The normalized spacial score (nSPS) is 13.4. The average molecular weight is 719 g/mol. The molecule has 0 bridgehead atoms. The Morgan fingerprint density at radius 2 is 0.964 bits per heavy atom. The van der Waals surface area contributed by atoms with Crippen molar-refractivity contribution in [1.82, 2.24) is 19.9 Å². The van der Waals surface area contributed by atoms with Crippen LogP contribution in [0, 0.1) is 13.8 Å². The lowest BCUT2D eigenvalue weighted by atomic mass is 9.78. The maximum atomic E-state index is 5.38. The first-order valence-corrected chi connectivity index (χ1v) is 19.4. The molecular weight excluding hydrogens is 669 g/mol. The van der Waals surface area contributed by atoms with Gasteiger partial charge in [0.25, 0.3) is 0 Å². The second-order valence-electron chi connectivity index (χ2n) is 17.8. The Morgan fingerprint density at radius 1 is 0.418 bits per heavy atom. The Morgan fingerprint density at radius 3 is 1.64 bits per heavy atom. The molecule has 274 valence electrons. The van der Waals surface area contributed by atoms with E-state index in [0.29, 0.717) is 17.5 Å². The number of pyridine rings is 1. The third-order valence-corrected chi connectivity index (χ3v) is 11.2. The number of fused-ring (bicyclic) bond motifs is 3. The molecule has 1 aliphatic rings. The van der Waals surface area contributed by atoms with Gasteiger partial charge in [-0.05, 0) is 99.0 Å². The van der Waals surface area contributed by atoms with Crippen LogP contribution in [0.4, 0.5) is 0 Å². The zero-order chi connectivity index (χ0) is 38.9. The fourth-order valence-corrected chi connectivity index (χ4v) is 8.01. The zero-order valence-electron chi connectivity index (χ0n) is 33.8. The second-order valence-corrected chi connectivity index (χ2v) is 17.8. The van der Waals surface area contributed by atoms with Gasteiger partial charge in [0.2, 0.25) is 0 Å². The number of aromatic nitrogens is 4. The van der Waals surface area contributed by atoms with Crippen molar-refractivity contribution in [3.8, 4) is 67.5 Å². The molecule has 0 saturated carbocycles. The molecule has 4 heteroatoms. The van der Waals surface area contributed by atoms with E-state index >= 15 is 0 Å². The summed E-state index contributed by atoms with van der Waals surface area (Å²) in [5.41, 5.74) is 16.8. The molecule has 5 aromatic carbocycles. The molecule has 2 heterocycles. The third kappa shape index (κ3) is 6.69. The summed E-state index contributed by atoms with van der Waals surface area (Å²) < 4.78 is 0. The lowest BCUT2D eigenvalue weighted by molar-refractivity contribution is 0.569. The van der Waals surface area contributed by atoms with Crippen molar-refractivity contribution in [2.75, 3.05) is 0 Å². The van der Waals surface area contributed by atoms with Crippen molar-refractivity contribution in [3.05, 3.63) is 155 Å². The Labute approximate surface area is 326 Å². The summed E-state index contributed by atoms with van der Waals surface area (Å²) in [5.74, 6) is 1.95. The Hall–Kier alpha value is -5.74. The van der Waals surface area contributed by atoms with E-state index in [9.17, 15) is 0 Å². The first-order chi connectivity index (χ1) is 26.1. The summed E-state index contributed by atoms with van der Waals surface area (Å²) in [4.78, 5) is 20.7. The molecule has 4 nitrogen and oxygen atoms in total. The van der Waals surface area contributed by atoms with E-state index in [0.717, 1.165) is 44.8 Å². The molecule has 0 amide bonds. The van der Waals surface area contributed by atoms with Crippen LogP contribution in [0.15, 0.2) is 121 Å². The number of aryl methyl sites for hydroxylation is 2. The Kier molecular flexibility index (Phi) is 8.72. The van der Waals surface area contributed by atoms with Crippen LogP contribution >= 0.6 is 0 Å². The molecule has 0 fully saturated rings. The first kappa shape index (κ1) is 36.2. The average Bonchev–Trinajstić information content (AvgIpc) is 3.40. The number of benzene rings is 5. The number of hydrogen-bond acceptors (Lipinski definition) is 4. The van der Waals surface area contributed by atoms with Crippen molar-refractivity contribution in [1.29, 1.82) is 0 Å². The Balaban J connectivity index is 1.41. The summed E-state index contributed by atoms with van der Waals surface area (Å²) in [6, 6.07) is 43.8. The van der Waals surface area contributed by atoms with Gasteiger partial charge in [0.05, 0.1) is 0 Å². The highest BCUT2D eigenvalue weighted by atomic mass is 15.0. The van der Waals surface area contributed by atoms with Crippen LogP contribution in [0.3, 0.4) is 0 Å². The second kappa shape index (κ2) is 13.2. The highest BCUT2D eigenvalue weighted by Gasteiger charge is 2.37. The monoisotopic (exact) mass is 718 g/mol. The summed E-state index contributed by atoms with van der Waals surface area (Å²) in [6.07, 6.45) is 0. The first-order valence-electron chi connectivity index (χ1n) is 19.4. The van der Waals surface area contributed by atoms with E-state index in [4.69, 9.17) is 19.9 Å².